The monoisotopic (exact) mass is 284 g/mol. The first-order valence-electron chi connectivity index (χ1n) is 6.42. The van der Waals surface area contributed by atoms with Crippen LogP contribution in [0.15, 0.2) is 18.2 Å². The van der Waals surface area contributed by atoms with Crippen LogP contribution in [0.4, 0.5) is 11.4 Å². The molecule has 1 aromatic carbocycles. The van der Waals surface area contributed by atoms with Crippen LogP contribution in [0.3, 0.4) is 0 Å². The highest BCUT2D eigenvalue weighted by Crippen LogP contribution is 2.29. The molecule has 6 heteroatoms. The summed E-state index contributed by atoms with van der Waals surface area (Å²) in [6.07, 6.45) is 3.36. The highest BCUT2D eigenvalue weighted by molar-refractivity contribution is 6.30. The molecule has 1 aliphatic rings. The van der Waals surface area contributed by atoms with Crippen LogP contribution in [0, 0.1) is 16.0 Å². The standard InChI is InChI=1S/C13H17ClN2O3/c14-10-3-6-12(13(7-10)16(18)19)15-8-9-1-4-11(17)5-2-9/h3,6-7,9,11,15,17H,1-2,4-5,8H2. The van der Waals surface area contributed by atoms with E-state index < -0.39 is 4.92 Å². The van der Waals surface area contributed by atoms with Gasteiger partial charge in [0.25, 0.3) is 5.69 Å². The summed E-state index contributed by atoms with van der Waals surface area (Å²) in [5, 5.41) is 23.9. The molecule has 0 heterocycles. The Balaban J connectivity index is 1.97. The topological polar surface area (TPSA) is 75.4 Å². The van der Waals surface area contributed by atoms with E-state index in [1.165, 1.54) is 6.07 Å². The first-order chi connectivity index (χ1) is 9.06. The molecule has 2 N–H and O–H groups in total. The van der Waals surface area contributed by atoms with Crippen LogP contribution in [-0.4, -0.2) is 22.7 Å². The Bertz CT molecular complexity index is 459. The Morgan fingerprint density at radius 3 is 2.68 bits per heavy atom. The predicted molar refractivity (Wildman–Crippen MR) is 74.6 cm³/mol. The quantitative estimate of drug-likeness (QED) is 0.657. The fraction of sp³-hybridized carbons (Fsp3) is 0.538. The second-order valence-corrected chi connectivity index (χ2v) is 5.41. The zero-order valence-electron chi connectivity index (χ0n) is 10.5. The number of benzene rings is 1. The third-order valence-corrected chi connectivity index (χ3v) is 3.79. The van der Waals surface area contributed by atoms with E-state index in [0.717, 1.165) is 25.7 Å². The fourth-order valence-electron chi connectivity index (χ4n) is 2.41. The lowest BCUT2D eigenvalue weighted by molar-refractivity contribution is -0.383. The second-order valence-electron chi connectivity index (χ2n) is 4.97. The first kappa shape index (κ1) is 14.1. The lowest BCUT2D eigenvalue weighted by Crippen LogP contribution is -2.23. The van der Waals surface area contributed by atoms with Gasteiger partial charge in [-0.3, -0.25) is 10.1 Å². The SMILES string of the molecule is O=[N+]([O-])c1cc(Cl)ccc1NCC1CCC(O)CC1. The van der Waals surface area contributed by atoms with Crippen molar-refractivity contribution in [1.82, 2.24) is 0 Å². The molecular weight excluding hydrogens is 268 g/mol. The van der Waals surface area contributed by atoms with E-state index in [2.05, 4.69) is 5.32 Å². The molecule has 0 radical (unpaired) electrons. The maximum atomic E-state index is 10.9. The minimum absolute atomic E-state index is 0.00310. The van der Waals surface area contributed by atoms with Crippen LogP contribution in [0.5, 0.6) is 0 Å². The molecule has 0 unspecified atom stereocenters. The average Bonchev–Trinajstić information content (AvgIpc) is 2.39. The van der Waals surface area contributed by atoms with Gasteiger partial charge in [0, 0.05) is 17.6 Å². The van der Waals surface area contributed by atoms with Gasteiger partial charge in [-0.05, 0) is 43.7 Å². The molecule has 1 aliphatic carbocycles. The largest absolute Gasteiger partial charge is 0.393 e. The third kappa shape index (κ3) is 3.81. The van der Waals surface area contributed by atoms with Crippen molar-refractivity contribution in [2.24, 2.45) is 5.92 Å². The molecule has 0 amide bonds. The number of nitro benzene ring substituents is 1. The average molecular weight is 285 g/mol. The number of hydrogen-bond donors (Lipinski definition) is 2. The van der Waals surface area contributed by atoms with Gasteiger partial charge < -0.3 is 10.4 Å². The summed E-state index contributed by atoms with van der Waals surface area (Å²) in [4.78, 5) is 10.5. The zero-order chi connectivity index (χ0) is 13.8. The molecule has 0 aliphatic heterocycles. The summed E-state index contributed by atoms with van der Waals surface area (Å²) in [6.45, 7) is 0.690. The second kappa shape index (κ2) is 6.21. The first-order valence-corrected chi connectivity index (χ1v) is 6.80. The van der Waals surface area contributed by atoms with Gasteiger partial charge in [-0.25, -0.2) is 0 Å². The molecule has 5 nitrogen and oxygen atoms in total. The number of anilines is 1. The van der Waals surface area contributed by atoms with Crippen molar-refractivity contribution >= 4 is 23.0 Å². The van der Waals surface area contributed by atoms with Gasteiger partial charge in [0.2, 0.25) is 0 Å². The fourth-order valence-corrected chi connectivity index (χ4v) is 2.57. The van der Waals surface area contributed by atoms with Crippen LogP contribution in [0.1, 0.15) is 25.7 Å². The minimum Gasteiger partial charge on any atom is -0.393 e. The van der Waals surface area contributed by atoms with Crippen molar-refractivity contribution in [2.45, 2.75) is 31.8 Å². The van der Waals surface area contributed by atoms with Gasteiger partial charge in [0.1, 0.15) is 5.69 Å². The number of nitro groups is 1. The Labute approximate surface area is 116 Å². The molecule has 0 atom stereocenters. The van der Waals surface area contributed by atoms with Crippen molar-refractivity contribution in [3.8, 4) is 0 Å². The number of nitrogens with zero attached hydrogens (tertiary/aromatic N) is 1. The lowest BCUT2D eigenvalue weighted by Gasteiger charge is -2.25. The van der Waals surface area contributed by atoms with Crippen LogP contribution >= 0.6 is 11.6 Å². The van der Waals surface area contributed by atoms with Crippen molar-refractivity contribution in [1.29, 1.82) is 0 Å². The Hall–Kier alpha value is -1.33. The lowest BCUT2D eigenvalue weighted by atomic mass is 9.87. The third-order valence-electron chi connectivity index (χ3n) is 3.55. The summed E-state index contributed by atoms with van der Waals surface area (Å²) in [5.41, 5.74) is 0.504. The highest BCUT2D eigenvalue weighted by atomic mass is 35.5. The van der Waals surface area contributed by atoms with Gasteiger partial charge in [-0.2, -0.15) is 0 Å². The smallest absolute Gasteiger partial charge is 0.293 e. The minimum atomic E-state index is -0.432. The molecule has 0 aromatic heterocycles. The molecule has 2 rings (SSSR count). The molecule has 0 saturated heterocycles. The number of hydrogen-bond acceptors (Lipinski definition) is 4. The molecule has 1 saturated carbocycles. The predicted octanol–water partition coefficient (Wildman–Crippen LogP) is 3.21. The number of nitrogens with one attached hydrogen (secondary N) is 1. The van der Waals surface area contributed by atoms with Gasteiger partial charge in [0.15, 0.2) is 0 Å². The van der Waals surface area contributed by atoms with Gasteiger partial charge >= 0.3 is 0 Å². The van der Waals surface area contributed by atoms with Gasteiger partial charge in [-0.15, -0.1) is 0 Å². The van der Waals surface area contributed by atoms with Crippen molar-refractivity contribution < 1.29 is 10.0 Å². The van der Waals surface area contributed by atoms with Crippen molar-refractivity contribution in [3.63, 3.8) is 0 Å². The van der Waals surface area contributed by atoms with Crippen LogP contribution < -0.4 is 5.32 Å². The zero-order valence-corrected chi connectivity index (χ0v) is 11.3. The van der Waals surface area contributed by atoms with Crippen molar-refractivity contribution in [2.75, 3.05) is 11.9 Å². The van der Waals surface area contributed by atoms with Crippen LogP contribution in [-0.2, 0) is 0 Å². The Morgan fingerprint density at radius 1 is 1.37 bits per heavy atom. The van der Waals surface area contributed by atoms with E-state index in [1.807, 2.05) is 0 Å². The molecule has 1 fully saturated rings. The van der Waals surface area contributed by atoms with E-state index in [0.29, 0.717) is 23.2 Å². The number of halogens is 1. The number of rotatable bonds is 4. The summed E-state index contributed by atoms with van der Waals surface area (Å²) in [5.74, 6) is 0.457. The molecule has 104 valence electrons. The highest BCUT2D eigenvalue weighted by Gasteiger charge is 2.20. The van der Waals surface area contributed by atoms with Gasteiger partial charge in [0.05, 0.1) is 11.0 Å². The van der Waals surface area contributed by atoms with Crippen LogP contribution in [0.25, 0.3) is 0 Å². The number of aliphatic hydroxyl groups is 1. The maximum absolute atomic E-state index is 10.9. The summed E-state index contributed by atoms with van der Waals surface area (Å²) in [7, 11) is 0. The molecule has 19 heavy (non-hydrogen) atoms. The molecule has 1 aromatic rings. The van der Waals surface area contributed by atoms with Crippen LogP contribution in [0.2, 0.25) is 5.02 Å². The Kier molecular flexibility index (Phi) is 4.61. The van der Waals surface area contributed by atoms with E-state index in [4.69, 9.17) is 11.6 Å². The van der Waals surface area contributed by atoms with Gasteiger partial charge in [-0.1, -0.05) is 11.6 Å². The van der Waals surface area contributed by atoms with Crippen molar-refractivity contribution in [3.05, 3.63) is 33.3 Å². The van der Waals surface area contributed by atoms with E-state index >= 15 is 0 Å². The maximum Gasteiger partial charge on any atom is 0.293 e. The van der Waals surface area contributed by atoms with E-state index in [9.17, 15) is 15.2 Å². The molecular formula is C13H17ClN2O3. The molecule has 0 spiro atoms. The summed E-state index contributed by atoms with van der Waals surface area (Å²) < 4.78 is 0. The summed E-state index contributed by atoms with van der Waals surface area (Å²) in [6, 6.07) is 4.63. The van der Waals surface area contributed by atoms with E-state index in [1.54, 1.807) is 12.1 Å². The number of aliphatic hydroxyl groups excluding tert-OH is 1. The van der Waals surface area contributed by atoms with E-state index in [-0.39, 0.29) is 11.8 Å². The Morgan fingerprint density at radius 2 is 2.05 bits per heavy atom. The molecule has 0 bridgehead atoms. The normalized spacial score (nSPS) is 23.1. The summed E-state index contributed by atoms with van der Waals surface area (Å²) >= 11 is 5.77.